The van der Waals surface area contributed by atoms with Gasteiger partial charge in [-0.3, -0.25) is 4.98 Å². The number of nitrogens with one attached hydrogen (secondary N) is 2. The van der Waals surface area contributed by atoms with E-state index in [0.29, 0.717) is 5.82 Å². The summed E-state index contributed by atoms with van der Waals surface area (Å²) < 4.78 is 0. The largest absolute Gasteiger partial charge is 0.370 e. The van der Waals surface area contributed by atoms with Gasteiger partial charge in [-0.05, 0) is 56.5 Å². The zero-order valence-electron chi connectivity index (χ0n) is 12.1. The van der Waals surface area contributed by atoms with Crippen molar-refractivity contribution in [3.8, 4) is 11.5 Å². The number of hydrogen-bond donors (Lipinski definition) is 2. The van der Waals surface area contributed by atoms with E-state index in [2.05, 4.69) is 25.6 Å². The molecule has 5 heteroatoms. The van der Waals surface area contributed by atoms with Gasteiger partial charge < -0.3 is 10.6 Å². The topological polar surface area (TPSA) is 62.7 Å². The Morgan fingerprint density at radius 1 is 1.10 bits per heavy atom. The Morgan fingerprint density at radius 2 is 2.00 bits per heavy atom. The van der Waals surface area contributed by atoms with Gasteiger partial charge in [0.1, 0.15) is 11.5 Å². The molecule has 0 saturated carbocycles. The zero-order chi connectivity index (χ0) is 14.3. The first kappa shape index (κ1) is 13.9. The highest BCUT2D eigenvalue weighted by atomic mass is 15.0. The molecule has 0 aliphatic carbocycles. The average molecular weight is 283 g/mol. The fraction of sp³-hybridized carbons (Fsp3) is 0.438. The van der Waals surface area contributed by atoms with Crippen LogP contribution in [0.3, 0.4) is 0 Å². The number of pyridine rings is 1. The predicted octanol–water partition coefficient (Wildman–Crippen LogP) is 2.34. The molecule has 2 N–H and O–H groups in total. The van der Waals surface area contributed by atoms with Crippen LogP contribution < -0.4 is 10.6 Å². The minimum atomic E-state index is 0.669. The summed E-state index contributed by atoms with van der Waals surface area (Å²) in [4.78, 5) is 13.1. The molecule has 3 heterocycles. The Bertz CT molecular complexity index is 552. The van der Waals surface area contributed by atoms with E-state index < -0.39 is 0 Å². The zero-order valence-corrected chi connectivity index (χ0v) is 12.1. The van der Waals surface area contributed by atoms with Crippen molar-refractivity contribution in [1.29, 1.82) is 0 Å². The van der Waals surface area contributed by atoms with E-state index in [-0.39, 0.29) is 0 Å². The van der Waals surface area contributed by atoms with Crippen LogP contribution in [0.25, 0.3) is 11.5 Å². The van der Waals surface area contributed by atoms with E-state index in [1.54, 1.807) is 12.4 Å². The van der Waals surface area contributed by atoms with E-state index in [4.69, 9.17) is 0 Å². The molecule has 1 saturated heterocycles. The lowest BCUT2D eigenvalue weighted by Gasteiger charge is -2.22. The molecule has 1 aliphatic rings. The third-order valence-corrected chi connectivity index (χ3v) is 3.87. The smallest absolute Gasteiger partial charge is 0.180 e. The minimum absolute atomic E-state index is 0.669. The molecule has 3 rings (SSSR count). The second-order valence-corrected chi connectivity index (χ2v) is 5.39. The van der Waals surface area contributed by atoms with E-state index in [1.807, 2.05) is 24.3 Å². The van der Waals surface area contributed by atoms with Crippen molar-refractivity contribution in [1.82, 2.24) is 20.3 Å². The molecule has 0 aromatic carbocycles. The first-order valence-corrected chi connectivity index (χ1v) is 7.61. The SMILES string of the molecule is c1ccc(-c2nccc(NCCC3CCNCC3)n2)nc1. The van der Waals surface area contributed by atoms with Crippen LogP contribution in [0, 0.1) is 5.92 Å². The number of nitrogens with zero attached hydrogens (tertiary/aromatic N) is 3. The third-order valence-electron chi connectivity index (χ3n) is 3.87. The van der Waals surface area contributed by atoms with Gasteiger partial charge in [0.05, 0.1) is 0 Å². The van der Waals surface area contributed by atoms with Gasteiger partial charge in [-0.2, -0.15) is 0 Å². The summed E-state index contributed by atoms with van der Waals surface area (Å²) in [7, 11) is 0. The molecule has 2 aromatic heterocycles. The van der Waals surface area contributed by atoms with Gasteiger partial charge >= 0.3 is 0 Å². The molecule has 0 radical (unpaired) electrons. The van der Waals surface area contributed by atoms with Crippen LogP contribution >= 0.6 is 0 Å². The summed E-state index contributed by atoms with van der Waals surface area (Å²) in [5.41, 5.74) is 0.805. The normalized spacial score (nSPS) is 15.8. The van der Waals surface area contributed by atoms with Crippen LogP contribution in [0.2, 0.25) is 0 Å². The second kappa shape index (κ2) is 7.13. The predicted molar refractivity (Wildman–Crippen MR) is 84.0 cm³/mol. The van der Waals surface area contributed by atoms with Crippen LogP contribution in [0.15, 0.2) is 36.7 Å². The summed E-state index contributed by atoms with van der Waals surface area (Å²) in [6.07, 6.45) is 7.31. The van der Waals surface area contributed by atoms with E-state index in [9.17, 15) is 0 Å². The van der Waals surface area contributed by atoms with Crippen LogP contribution in [-0.4, -0.2) is 34.6 Å². The van der Waals surface area contributed by atoms with Crippen LogP contribution in [-0.2, 0) is 0 Å². The van der Waals surface area contributed by atoms with E-state index in [0.717, 1.165) is 37.1 Å². The van der Waals surface area contributed by atoms with E-state index in [1.165, 1.54) is 19.3 Å². The van der Waals surface area contributed by atoms with Crippen molar-refractivity contribution in [3.05, 3.63) is 36.7 Å². The molecule has 110 valence electrons. The van der Waals surface area contributed by atoms with Crippen LogP contribution in [0.1, 0.15) is 19.3 Å². The quantitative estimate of drug-likeness (QED) is 0.882. The molecule has 21 heavy (non-hydrogen) atoms. The van der Waals surface area contributed by atoms with Crippen molar-refractivity contribution < 1.29 is 0 Å². The summed E-state index contributed by atoms with van der Waals surface area (Å²) in [5, 5.41) is 6.80. The Hall–Kier alpha value is -2.01. The number of anilines is 1. The van der Waals surface area contributed by atoms with Gasteiger partial charge in [-0.15, -0.1) is 0 Å². The molecule has 0 atom stereocenters. The van der Waals surface area contributed by atoms with Crippen LogP contribution in [0.4, 0.5) is 5.82 Å². The Kier molecular flexibility index (Phi) is 4.74. The number of hydrogen-bond acceptors (Lipinski definition) is 5. The number of piperidine rings is 1. The first-order valence-electron chi connectivity index (χ1n) is 7.61. The Balaban J connectivity index is 1.56. The molecule has 5 nitrogen and oxygen atoms in total. The first-order chi connectivity index (χ1) is 10.4. The lowest BCUT2D eigenvalue weighted by Crippen LogP contribution is -2.28. The highest BCUT2D eigenvalue weighted by molar-refractivity contribution is 5.51. The summed E-state index contributed by atoms with van der Waals surface area (Å²) in [6, 6.07) is 7.68. The summed E-state index contributed by atoms with van der Waals surface area (Å²) in [5.74, 6) is 2.37. The summed E-state index contributed by atoms with van der Waals surface area (Å²) in [6.45, 7) is 3.27. The monoisotopic (exact) mass is 283 g/mol. The average Bonchev–Trinajstić information content (AvgIpc) is 2.57. The highest BCUT2D eigenvalue weighted by Gasteiger charge is 2.12. The molecule has 1 fully saturated rings. The lowest BCUT2D eigenvalue weighted by molar-refractivity contribution is 0.361. The molecule has 0 amide bonds. The van der Waals surface area contributed by atoms with Gasteiger partial charge in [-0.25, -0.2) is 9.97 Å². The van der Waals surface area contributed by atoms with Gasteiger partial charge in [0.2, 0.25) is 0 Å². The highest BCUT2D eigenvalue weighted by Crippen LogP contribution is 2.17. The maximum absolute atomic E-state index is 4.53. The van der Waals surface area contributed by atoms with Crippen molar-refractivity contribution >= 4 is 5.82 Å². The van der Waals surface area contributed by atoms with Gasteiger partial charge in [0, 0.05) is 18.9 Å². The molecule has 2 aromatic rings. The molecular formula is C16H21N5. The fourth-order valence-corrected chi connectivity index (χ4v) is 2.65. The molecule has 0 spiro atoms. The molecular weight excluding hydrogens is 262 g/mol. The molecule has 1 aliphatic heterocycles. The van der Waals surface area contributed by atoms with Crippen LogP contribution in [0.5, 0.6) is 0 Å². The standard InChI is InChI=1S/C16H21N5/c1-2-8-18-14(3-1)16-20-12-7-15(21-16)19-11-6-13-4-9-17-10-5-13/h1-3,7-8,12-13,17H,4-6,9-11H2,(H,19,20,21). The van der Waals surface area contributed by atoms with Crippen molar-refractivity contribution in [2.24, 2.45) is 5.92 Å². The van der Waals surface area contributed by atoms with E-state index >= 15 is 0 Å². The maximum atomic E-state index is 4.53. The number of aromatic nitrogens is 3. The lowest BCUT2D eigenvalue weighted by atomic mass is 9.95. The van der Waals surface area contributed by atoms with Gasteiger partial charge in [0.25, 0.3) is 0 Å². The Labute approximate surface area is 125 Å². The minimum Gasteiger partial charge on any atom is -0.370 e. The number of rotatable bonds is 5. The van der Waals surface area contributed by atoms with Crippen molar-refractivity contribution in [2.45, 2.75) is 19.3 Å². The van der Waals surface area contributed by atoms with Crippen molar-refractivity contribution in [3.63, 3.8) is 0 Å². The second-order valence-electron chi connectivity index (χ2n) is 5.39. The fourth-order valence-electron chi connectivity index (χ4n) is 2.65. The summed E-state index contributed by atoms with van der Waals surface area (Å²) >= 11 is 0. The maximum Gasteiger partial charge on any atom is 0.180 e. The molecule has 0 unspecified atom stereocenters. The van der Waals surface area contributed by atoms with Gasteiger partial charge in [0.15, 0.2) is 5.82 Å². The molecule has 0 bridgehead atoms. The van der Waals surface area contributed by atoms with Crippen molar-refractivity contribution in [2.75, 3.05) is 25.0 Å². The third kappa shape index (κ3) is 3.98. The van der Waals surface area contributed by atoms with Gasteiger partial charge in [-0.1, -0.05) is 6.07 Å². The Morgan fingerprint density at radius 3 is 2.81 bits per heavy atom.